The highest BCUT2D eigenvalue weighted by atomic mass is 16.5. The van der Waals surface area contributed by atoms with Crippen molar-refractivity contribution in [3.05, 3.63) is 24.0 Å². The highest BCUT2D eigenvalue weighted by Crippen LogP contribution is 2.06. The Balaban J connectivity index is 1.64. The molecule has 1 aromatic heterocycles. The van der Waals surface area contributed by atoms with Crippen LogP contribution in [0.5, 0.6) is 0 Å². The van der Waals surface area contributed by atoms with Crippen molar-refractivity contribution in [3.63, 3.8) is 0 Å². The molecule has 0 bridgehead atoms. The van der Waals surface area contributed by atoms with Crippen LogP contribution in [0.3, 0.4) is 0 Å². The lowest BCUT2D eigenvalue weighted by Gasteiger charge is -2.22. The molecule has 1 fully saturated rings. The molecule has 2 heterocycles. The maximum absolute atomic E-state index is 11.6. The highest BCUT2D eigenvalue weighted by molar-refractivity contribution is 5.77. The molecule has 100 valence electrons. The zero-order chi connectivity index (χ0) is 12.8. The first kappa shape index (κ1) is 13.1. The zero-order valence-corrected chi connectivity index (χ0v) is 10.8. The number of rotatable bonds is 5. The number of aryl methyl sites for hydroxylation is 1. The van der Waals surface area contributed by atoms with Gasteiger partial charge in [0.05, 0.1) is 12.6 Å². The molecule has 5 heteroatoms. The van der Waals surface area contributed by atoms with Crippen molar-refractivity contribution in [3.8, 4) is 0 Å². The number of carbonyl (C=O) groups excluding carboxylic acids is 1. The van der Waals surface area contributed by atoms with Crippen LogP contribution in [0.4, 0.5) is 0 Å². The number of nitrogens with one attached hydrogen (secondary N) is 2. The molecule has 1 saturated heterocycles. The van der Waals surface area contributed by atoms with E-state index in [2.05, 4.69) is 10.6 Å². The van der Waals surface area contributed by atoms with E-state index in [0.29, 0.717) is 6.54 Å². The molecule has 0 aliphatic carbocycles. The Hall–Kier alpha value is -1.33. The van der Waals surface area contributed by atoms with Crippen molar-refractivity contribution in [2.45, 2.75) is 25.5 Å². The molecular formula is C13H21N3O2. The summed E-state index contributed by atoms with van der Waals surface area (Å²) in [6.45, 7) is 2.68. The van der Waals surface area contributed by atoms with Crippen LogP contribution in [-0.4, -0.2) is 36.3 Å². The fourth-order valence-electron chi connectivity index (χ4n) is 2.08. The number of amides is 1. The molecule has 0 aromatic carbocycles. The Labute approximate surface area is 108 Å². The number of nitrogens with zero attached hydrogens (tertiary/aromatic N) is 1. The van der Waals surface area contributed by atoms with E-state index in [1.165, 1.54) is 0 Å². The van der Waals surface area contributed by atoms with E-state index in [-0.39, 0.29) is 18.6 Å². The van der Waals surface area contributed by atoms with Gasteiger partial charge in [-0.25, -0.2) is 0 Å². The summed E-state index contributed by atoms with van der Waals surface area (Å²) >= 11 is 0. The van der Waals surface area contributed by atoms with Gasteiger partial charge in [-0.05, 0) is 38.1 Å². The molecule has 18 heavy (non-hydrogen) atoms. The third-order valence-corrected chi connectivity index (χ3v) is 3.25. The van der Waals surface area contributed by atoms with Crippen LogP contribution < -0.4 is 10.6 Å². The van der Waals surface area contributed by atoms with E-state index < -0.39 is 0 Å². The van der Waals surface area contributed by atoms with Crippen molar-refractivity contribution in [2.24, 2.45) is 7.05 Å². The molecule has 0 spiro atoms. The van der Waals surface area contributed by atoms with Crippen molar-refractivity contribution in [1.82, 2.24) is 15.2 Å². The fourth-order valence-corrected chi connectivity index (χ4v) is 2.08. The number of hydrogen-bond donors (Lipinski definition) is 2. The van der Waals surface area contributed by atoms with Gasteiger partial charge in [0.1, 0.15) is 6.61 Å². The van der Waals surface area contributed by atoms with E-state index >= 15 is 0 Å². The summed E-state index contributed by atoms with van der Waals surface area (Å²) < 4.78 is 7.58. The van der Waals surface area contributed by atoms with Crippen LogP contribution in [0.2, 0.25) is 0 Å². The smallest absolute Gasteiger partial charge is 0.246 e. The Morgan fingerprint density at radius 3 is 3.00 bits per heavy atom. The second-order valence-corrected chi connectivity index (χ2v) is 4.65. The summed E-state index contributed by atoms with van der Waals surface area (Å²) in [4.78, 5) is 11.6. The van der Waals surface area contributed by atoms with Crippen molar-refractivity contribution < 1.29 is 9.53 Å². The molecule has 1 aromatic rings. The Morgan fingerprint density at radius 2 is 2.33 bits per heavy atom. The SMILES string of the molecule is Cn1cccc1CNC(=O)COC1CCNCC1. The number of aromatic nitrogens is 1. The van der Waals surface area contributed by atoms with E-state index in [1.807, 2.05) is 29.9 Å². The average Bonchev–Trinajstić information content (AvgIpc) is 2.81. The van der Waals surface area contributed by atoms with E-state index in [9.17, 15) is 4.79 Å². The summed E-state index contributed by atoms with van der Waals surface area (Å²) in [6.07, 6.45) is 4.18. The van der Waals surface area contributed by atoms with Crippen LogP contribution >= 0.6 is 0 Å². The molecule has 2 N–H and O–H groups in total. The third kappa shape index (κ3) is 3.85. The van der Waals surface area contributed by atoms with Crippen LogP contribution in [0.15, 0.2) is 18.3 Å². The largest absolute Gasteiger partial charge is 0.368 e. The van der Waals surface area contributed by atoms with Gasteiger partial charge in [-0.2, -0.15) is 0 Å². The van der Waals surface area contributed by atoms with Gasteiger partial charge in [-0.3, -0.25) is 4.79 Å². The predicted octanol–water partition coefficient (Wildman–Crippen LogP) is 0.410. The van der Waals surface area contributed by atoms with Crippen LogP contribution in [0.1, 0.15) is 18.5 Å². The zero-order valence-electron chi connectivity index (χ0n) is 10.8. The standard InChI is InChI=1S/C13H21N3O2/c1-16-8-2-3-11(16)9-15-13(17)10-18-12-4-6-14-7-5-12/h2-3,8,12,14H,4-7,9-10H2,1H3,(H,15,17). The Bertz CT molecular complexity index is 383. The Kier molecular flexibility index (Phi) is 4.78. The first-order valence-electron chi connectivity index (χ1n) is 6.45. The van der Waals surface area contributed by atoms with Gasteiger partial charge >= 0.3 is 0 Å². The minimum atomic E-state index is -0.0465. The number of carbonyl (C=O) groups is 1. The average molecular weight is 251 g/mol. The van der Waals surface area contributed by atoms with Gasteiger partial charge in [-0.15, -0.1) is 0 Å². The second-order valence-electron chi connectivity index (χ2n) is 4.65. The van der Waals surface area contributed by atoms with Gasteiger partial charge in [0, 0.05) is 18.9 Å². The summed E-state index contributed by atoms with van der Waals surface area (Å²) in [5, 5.41) is 6.13. The van der Waals surface area contributed by atoms with Crippen molar-refractivity contribution in [1.29, 1.82) is 0 Å². The fraction of sp³-hybridized carbons (Fsp3) is 0.615. The van der Waals surface area contributed by atoms with E-state index in [1.54, 1.807) is 0 Å². The molecular weight excluding hydrogens is 230 g/mol. The maximum Gasteiger partial charge on any atom is 0.246 e. The van der Waals surface area contributed by atoms with Gasteiger partial charge in [0.15, 0.2) is 0 Å². The van der Waals surface area contributed by atoms with Crippen LogP contribution in [0, 0.1) is 0 Å². The number of piperidine rings is 1. The van der Waals surface area contributed by atoms with Gasteiger partial charge in [-0.1, -0.05) is 0 Å². The Morgan fingerprint density at radius 1 is 1.56 bits per heavy atom. The number of hydrogen-bond acceptors (Lipinski definition) is 3. The molecule has 0 atom stereocenters. The summed E-state index contributed by atoms with van der Waals surface area (Å²) in [5.41, 5.74) is 1.09. The van der Waals surface area contributed by atoms with Crippen molar-refractivity contribution >= 4 is 5.91 Å². The summed E-state index contributed by atoms with van der Waals surface area (Å²) in [7, 11) is 1.97. The number of ether oxygens (including phenoxy) is 1. The topological polar surface area (TPSA) is 55.3 Å². The van der Waals surface area contributed by atoms with Crippen LogP contribution in [-0.2, 0) is 23.1 Å². The normalized spacial score (nSPS) is 16.7. The van der Waals surface area contributed by atoms with Crippen molar-refractivity contribution in [2.75, 3.05) is 19.7 Å². The first-order valence-corrected chi connectivity index (χ1v) is 6.45. The van der Waals surface area contributed by atoms with Gasteiger partial charge in [0.2, 0.25) is 5.91 Å². The molecule has 0 saturated carbocycles. The molecule has 2 rings (SSSR count). The lowest BCUT2D eigenvalue weighted by Crippen LogP contribution is -2.35. The molecule has 1 aliphatic heterocycles. The molecule has 5 nitrogen and oxygen atoms in total. The summed E-state index contributed by atoms with van der Waals surface area (Å²) in [6, 6.07) is 3.96. The van der Waals surface area contributed by atoms with E-state index in [4.69, 9.17) is 4.74 Å². The predicted molar refractivity (Wildman–Crippen MR) is 69.1 cm³/mol. The molecule has 0 unspecified atom stereocenters. The second kappa shape index (κ2) is 6.56. The quantitative estimate of drug-likeness (QED) is 0.797. The molecule has 0 radical (unpaired) electrons. The lowest BCUT2D eigenvalue weighted by atomic mass is 10.1. The molecule has 1 amide bonds. The van der Waals surface area contributed by atoms with Gasteiger partial charge in [0.25, 0.3) is 0 Å². The third-order valence-electron chi connectivity index (χ3n) is 3.25. The minimum Gasteiger partial charge on any atom is -0.368 e. The maximum atomic E-state index is 11.6. The van der Waals surface area contributed by atoms with E-state index in [0.717, 1.165) is 31.6 Å². The lowest BCUT2D eigenvalue weighted by molar-refractivity contribution is -0.128. The van der Waals surface area contributed by atoms with Crippen LogP contribution in [0.25, 0.3) is 0 Å². The summed E-state index contributed by atoms with van der Waals surface area (Å²) in [5.74, 6) is -0.0465. The minimum absolute atomic E-state index is 0.0465. The molecule has 1 aliphatic rings. The first-order chi connectivity index (χ1) is 8.75. The highest BCUT2D eigenvalue weighted by Gasteiger charge is 2.14. The monoisotopic (exact) mass is 251 g/mol. The van der Waals surface area contributed by atoms with Gasteiger partial charge < -0.3 is 19.9 Å².